The fourth-order valence-electron chi connectivity index (χ4n) is 3.52. The summed E-state index contributed by atoms with van der Waals surface area (Å²) in [4.78, 5) is 27.8. The van der Waals surface area contributed by atoms with Gasteiger partial charge in [-0.25, -0.2) is 0 Å². The number of carbonyl (C=O) groups excluding carboxylic acids is 2. The van der Waals surface area contributed by atoms with Crippen molar-refractivity contribution in [1.82, 2.24) is 10.2 Å². The maximum absolute atomic E-state index is 13.3. The lowest BCUT2D eigenvalue weighted by Gasteiger charge is -2.28. The Morgan fingerprint density at radius 3 is 2.26 bits per heavy atom. The molecule has 1 aliphatic rings. The fourth-order valence-corrected chi connectivity index (χ4v) is 3.52. The molecule has 1 saturated heterocycles. The van der Waals surface area contributed by atoms with Gasteiger partial charge in [-0.1, -0.05) is 48.5 Å². The van der Waals surface area contributed by atoms with Crippen LogP contribution in [0, 0.1) is 5.92 Å². The van der Waals surface area contributed by atoms with Gasteiger partial charge in [0.05, 0.1) is 0 Å². The first-order chi connectivity index (χ1) is 12.6. The van der Waals surface area contributed by atoms with Crippen molar-refractivity contribution in [3.8, 4) is 0 Å². The van der Waals surface area contributed by atoms with Crippen LogP contribution in [0.4, 0.5) is 0 Å². The Kier molecular flexibility index (Phi) is 7.39. The van der Waals surface area contributed by atoms with E-state index in [1.807, 2.05) is 60.4 Å². The van der Waals surface area contributed by atoms with E-state index in [9.17, 15) is 9.59 Å². The number of carbonyl (C=O) groups is 2. The zero-order valence-electron chi connectivity index (χ0n) is 15.4. The first-order valence-electron chi connectivity index (χ1n) is 9.01. The van der Waals surface area contributed by atoms with Crippen molar-refractivity contribution in [2.45, 2.75) is 25.4 Å². The van der Waals surface area contributed by atoms with Gasteiger partial charge in [-0.05, 0) is 43.5 Å². The van der Waals surface area contributed by atoms with E-state index < -0.39 is 6.04 Å². The van der Waals surface area contributed by atoms with Crippen LogP contribution in [0.25, 0.3) is 0 Å². The standard InChI is InChI=1S/C21H25N3O2.ClH/c1-15-12-16(13-22)14-24(15)21(26)19(17-8-4-2-5-9-17)23-20(25)18-10-6-3-7-11-18;/h2-11,15-16,19H,12-14,22H2,1H3,(H,23,25);1H. The van der Waals surface area contributed by atoms with Crippen molar-refractivity contribution in [3.05, 3.63) is 71.8 Å². The zero-order chi connectivity index (χ0) is 18.5. The molecular formula is C21H26ClN3O2. The van der Waals surface area contributed by atoms with Crippen LogP contribution in [0.2, 0.25) is 0 Å². The van der Waals surface area contributed by atoms with E-state index >= 15 is 0 Å². The zero-order valence-corrected chi connectivity index (χ0v) is 16.2. The van der Waals surface area contributed by atoms with Gasteiger partial charge in [-0.3, -0.25) is 9.59 Å². The molecule has 1 aliphatic heterocycles. The minimum absolute atomic E-state index is 0. The van der Waals surface area contributed by atoms with E-state index in [2.05, 4.69) is 5.32 Å². The smallest absolute Gasteiger partial charge is 0.252 e. The van der Waals surface area contributed by atoms with Crippen LogP contribution in [0.1, 0.15) is 35.3 Å². The monoisotopic (exact) mass is 387 g/mol. The van der Waals surface area contributed by atoms with Crippen molar-refractivity contribution in [3.63, 3.8) is 0 Å². The average molecular weight is 388 g/mol. The molecular weight excluding hydrogens is 362 g/mol. The van der Waals surface area contributed by atoms with Crippen molar-refractivity contribution in [2.75, 3.05) is 13.1 Å². The molecule has 0 radical (unpaired) electrons. The van der Waals surface area contributed by atoms with Crippen LogP contribution in [0.15, 0.2) is 60.7 Å². The van der Waals surface area contributed by atoms with E-state index in [1.54, 1.807) is 12.1 Å². The highest BCUT2D eigenvalue weighted by atomic mass is 35.5. The maximum Gasteiger partial charge on any atom is 0.252 e. The molecule has 144 valence electrons. The van der Waals surface area contributed by atoms with E-state index in [-0.39, 0.29) is 30.3 Å². The lowest BCUT2D eigenvalue weighted by Crippen LogP contribution is -2.44. The van der Waals surface area contributed by atoms with Crippen LogP contribution in [-0.4, -0.2) is 35.8 Å². The number of rotatable bonds is 5. The second-order valence-corrected chi connectivity index (χ2v) is 6.86. The minimum atomic E-state index is -0.706. The summed E-state index contributed by atoms with van der Waals surface area (Å²) in [5.41, 5.74) is 7.11. The molecule has 0 aliphatic carbocycles. The number of hydrogen-bond acceptors (Lipinski definition) is 3. The molecule has 0 saturated carbocycles. The number of amides is 2. The van der Waals surface area contributed by atoms with Crippen molar-refractivity contribution < 1.29 is 9.59 Å². The predicted molar refractivity (Wildman–Crippen MR) is 109 cm³/mol. The van der Waals surface area contributed by atoms with Gasteiger partial charge in [0.25, 0.3) is 5.91 Å². The average Bonchev–Trinajstić information content (AvgIpc) is 3.07. The number of nitrogens with one attached hydrogen (secondary N) is 1. The molecule has 0 spiro atoms. The summed E-state index contributed by atoms with van der Waals surface area (Å²) < 4.78 is 0. The van der Waals surface area contributed by atoms with Crippen LogP contribution < -0.4 is 11.1 Å². The Hall–Kier alpha value is -2.37. The molecule has 1 fully saturated rings. The molecule has 3 N–H and O–H groups in total. The lowest BCUT2D eigenvalue weighted by molar-refractivity contribution is -0.134. The summed E-state index contributed by atoms with van der Waals surface area (Å²) in [7, 11) is 0. The summed E-state index contributed by atoms with van der Waals surface area (Å²) in [5.74, 6) is -0.0193. The molecule has 0 bridgehead atoms. The Balaban J connectivity index is 0.00000261. The number of benzene rings is 2. The van der Waals surface area contributed by atoms with Gasteiger partial charge in [-0.15, -0.1) is 12.4 Å². The quantitative estimate of drug-likeness (QED) is 0.828. The predicted octanol–water partition coefficient (Wildman–Crippen LogP) is 2.78. The van der Waals surface area contributed by atoms with Gasteiger partial charge >= 0.3 is 0 Å². The molecule has 3 atom stereocenters. The van der Waals surface area contributed by atoms with Gasteiger partial charge in [-0.2, -0.15) is 0 Å². The van der Waals surface area contributed by atoms with Gasteiger partial charge in [0.2, 0.25) is 5.91 Å². The van der Waals surface area contributed by atoms with Crippen molar-refractivity contribution >= 4 is 24.2 Å². The van der Waals surface area contributed by atoms with Crippen LogP contribution in [0.5, 0.6) is 0 Å². The second kappa shape index (κ2) is 9.53. The molecule has 3 rings (SSSR count). The Labute approximate surface area is 166 Å². The summed E-state index contributed by atoms with van der Waals surface area (Å²) in [6.45, 7) is 3.25. The summed E-state index contributed by atoms with van der Waals surface area (Å²) in [6.07, 6.45) is 0.899. The largest absolute Gasteiger partial charge is 0.338 e. The summed E-state index contributed by atoms with van der Waals surface area (Å²) in [6, 6.07) is 17.8. The highest BCUT2D eigenvalue weighted by Gasteiger charge is 2.36. The summed E-state index contributed by atoms with van der Waals surface area (Å²) >= 11 is 0. The Morgan fingerprint density at radius 1 is 1.11 bits per heavy atom. The van der Waals surface area contributed by atoms with Crippen LogP contribution >= 0.6 is 12.4 Å². The highest BCUT2D eigenvalue weighted by molar-refractivity contribution is 5.98. The van der Waals surface area contributed by atoms with Gasteiger partial charge < -0.3 is 16.0 Å². The Bertz CT molecular complexity index is 755. The van der Waals surface area contributed by atoms with Crippen molar-refractivity contribution in [1.29, 1.82) is 0 Å². The molecule has 2 aromatic carbocycles. The van der Waals surface area contributed by atoms with Gasteiger partial charge in [0.1, 0.15) is 6.04 Å². The number of nitrogens with zero attached hydrogens (tertiary/aromatic N) is 1. The van der Waals surface area contributed by atoms with E-state index in [0.29, 0.717) is 24.6 Å². The summed E-state index contributed by atoms with van der Waals surface area (Å²) in [5, 5.41) is 2.92. The van der Waals surface area contributed by atoms with Crippen LogP contribution in [-0.2, 0) is 4.79 Å². The first kappa shape index (κ1) is 20.9. The molecule has 1 heterocycles. The third-order valence-electron chi connectivity index (χ3n) is 4.97. The number of halogens is 1. The minimum Gasteiger partial charge on any atom is -0.338 e. The molecule has 5 nitrogen and oxygen atoms in total. The number of likely N-dealkylation sites (tertiary alicyclic amines) is 1. The third-order valence-corrected chi connectivity index (χ3v) is 4.97. The molecule has 27 heavy (non-hydrogen) atoms. The van der Waals surface area contributed by atoms with Gasteiger partial charge in [0.15, 0.2) is 0 Å². The van der Waals surface area contributed by atoms with Crippen LogP contribution in [0.3, 0.4) is 0 Å². The number of nitrogens with two attached hydrogens (primary N) is 1. The molecule has 2 amide bonds. The highest BCUT2D eigenvalue weighted by Crippen LogP contribution is 2.26. The topological polar surface area (TPSA) is 75.4 Å². The normalized spacial score (nSPS) is 19.9. The third kappa shape index (κ3) is 4.87. The molecule has 0 aromatic heterocycles. The number of hydrogen-bond donors (Lipinski definition) is 2. The van der Waals surface area contributed by atoms with Crippen molar-refractivity contribution in [2.24, 2.45) is 11.7 Å². The molecule has 3 unspecified atom stereocenters. The lowest BCUT2D eigenvalue weighted by atomic mass is 10.0. The van der Waals surface area contributed by atoms with E-state index in [0.717, 1.165) is 12.0 Å². The SMILES string of the molecule is CC1CC(CN)CN1C(=O)C(NC(=O)c1ccccc1)c1ccccc1.Cl. The first-order valence-corrected chi connectivity index (χ1v) is 9.01. The van der Waals surface area contributed by atoms with E-state index in [4.69, 9.17) is 5.73 Å². The van der Waals surface area contributed by atoms with Gasteiger partial charge in [0, 0.05) is 18.2 Å². The second-order valence-electron chi connectivity index (χ2n) is 6.86. The van der Waals surface area contributed by atoms with E-state index in [1.165, 1.54) is 0 Å². The molecule has 2 aromatic rings. The fraction of sp³-hybridized carbons (Fsp3) is 0.333. The maximum atomic E-state index is 13.3. The molecule has 6 heteroatoms. The Morgan fingerprint density at radius 2 is 1.70 bits per heavy atom.